The fraction of sp³-hybridized carbons (Fsp3) is 0.0952. The van der Waals surface area contributed by atoms with Gasteiger partial charge < -0.3 is 16.0 Å². The van der Waals surface area contributed by atoms with Crippen molar-refractivity contribution in [2.24, 2.45) is 5.73 Å². The number of fused-ring (bicyclic) bond motifs is 2. The first kappa shape index (κ1) is 16.8. The molecule has 26 heavy (non-hydrogen) atoms. The van der Waals surface area contributed by atoms with E-state index >= 15 is 0 Å². The number of hydrogen-bond acceptors (Lipinski definition) is 2. The van der Waals surface area contributed by atoms with Gasteiger partial charge in [0.15, 0.2) is 0 Å². The van der Waals surface area contributed by atoms with Crippen molar-refractivity contribution in [3.63, 3.8) is 0 Å². The van der Waals surface area contributed by atoms with Crippen LogP contribution in [-0.4, -0.2) is 24.0 Å². The Kier molecular flexibility index (Phi) is 4.49. The van der Waals surface area contributed by atoms with Crippen LogP contribution in [0.4, 0.5) is 0 Å². The molecule has 0 fully saturated rings. The van der Waals surface area contributed by atoms with Gasteiger partial charge in [0.2, 0.25) is 0 Å². The molecule has 0 radical (unpaired) electrons. The highest BCUT2D eigenvalue weighted by molar-refractivity contribution is 9.10. The third-order valence-corrected chi connectivity index (χ3v) is 4.98. The summed E-state index contributed by atoms with van der Waals surface area (Å²) in [5, 5.41) is 5.97. The van der Waals surface area contributed by atoms with E-state index in [0.29, 0.717) is 18.7 Å². The van der Waals surface area contributed by atoms with Gasteiger partial charge in [0, 0.05) is 45.8 Å². The number of rotatable bonds is 4. The zero-order chi connectivity index (χ0) is 18.1. The molecule has 1 amide bonds. The minimum Gasteiger partial charge on any atom is -0.361 e. The molecule has 130 valence electrons. The molecule has 3 aromatic carbocycles. The van der Waals surface area contributed by atoms with E-state index in [0.717, 1.165) is 37.3 Å². The number of nitrogens with two attached hydrogens (primary N) is 1. The Morgan fingerprint density at radius 2 is 1.92 bits per heavy atom. The number of aromatic nitrogens is 1. The number of benzene rings is 3. The van der Waals surface area contributed by atoms with Crippen LogP contribution in [0, 0.1) is 0 Å². The molecule has 0 aliphatic carbocycles. The highest BCUT2D eigenvalue weighted by Crippen LogP contribution is 2.34. The minimum absolute atomic E-state index is 0.102. The van der Waals surface area contributed by atoms with E-state index in [-0.39, 0.29) is 5.91 Å². The molecule has 5 heteroatoms. The van der Waals surface area contributed by atoms with Crippen molar-refractivity contribution in [3.05, 3.63) is 70.8 Å². The molecule has 4 rings (SSSR count). The van der Waals surface area contributed by atoms with Crippen LogP contribution in [0.5, 0.6) is 0 Å². The van der Waals surface area contributed by atoms with Crippen molar-refractivity contribution in [2.75, 3.05) is 13.1 Å². The summed E-state index contributed by atoms with van der Waals surface area (Å²) in [6.45, 7) is 0.872. The van der Waals surface area contributed by atoms with E-state index in [2.05, 4.69) is 38.4 Å². The summed E-state index contributed by atoms with van der Waals surface area (Å²) in [4.78, 5) is 16.0. The predicted octanol–water partition coefficient (Wildman–Crippen LogP) is 4.44. The number of aromatic amines is 1. The number of halogens is 1. The van der Waals surface area contributed by atoms with Gasteiger partial charge in [0.1, 0.15) is 0 Å². The Hall–Kier alpha value is -2.63. The molecule has 0 aliphatic rings. The summed E-state index contributed by atoms with van der Waals surface area (Å²) >= 11 is 3.54. The first-order chi connectivity index (χ1) is 12.7. The highest BCUT2D eigenvalue weighted by Gasteiger charge is 2.14. The summed E-state index contributed by atoms with van der Waals surface area (Å²) in [5.41, 5.74) is 9.33. The molecule has 4 N–H and O–H groups in total. The van der Waals surface area contributed by atoms with Crippen LogP contribution in [0.3, 0.4) is 0 Å². The van der Waals surface area contributed by atoms with Gasteiger partial charge in [-0.25, -0.2) is 0 Å². The Balaban J connectivity index is 1.92. The summed E-state index contributed by atoms with van der Waals surface area (Å²) in [6, 6.07) is 18.2. The van der Waals surface area contributed by atoms with E-state index in [9.17, 15) is 4.79 Å². The van der Waals surface area contributed by atoms with Gasteiger partial charge in [-0.2, -0.15) is 0 Å². The third kappa shape index (κ3) is 3.00. The normalized spacial score (nSPS) is 11.2. The molecular weight excluding hydrogens is 390 g/mol. The van der Waals surface area contributed by atoms with Gasteiger partial charge in [0.05, 0.1) is 0 Å². The molecule has 1 heterocycles. The summed E-state index contributed by atoms with van der Waals surface area (Å²) in [7, 11) is 0. The Bertz CT molecular complexity index is 1120. The monoisotopic (exact) mass is 407 g/mol. The van der Waals surface area contributed by atoms with Crippen LogP contribution in [0.1, 0.15) is 10.4 Å². The molecule has 0 saturated heterocycles. The third-order valence-electron chi connectivity index (χ3n) is 4.49. The number of H-pyrrole nitrogens is 1. The molecule has 0 bridgehead atoms. The van der Waals surface area contributed by atoms with E-state index in [4.69, 9.17) is 5.73 Å². The van der Waals surface area contributed by atoms with Gasteiger partial charge >= 0.3 is 0 Å². The van der Waals surface area contributed by atoms with E-state index < -0.39 is 0 Å². The second kappa shape index (κ2) is 6.94. The van der Waals surface area contributed by atoms with Crippen molar-refractivity contribution < 1.29 is 4.79 Å². The zero-order valence-corrected chi connectivity index (χ0v) is 15.6. The van der Waals surface area contributed by atoms with Gasteiger partial charge in [-0.3, -0.25) is 4.79 Å². The lowest BCUT2D eigenvalue weighted by atomic mass is 9.96. The first-order valence-electron chi connectivity index (χ1n) is 8.45. The largest absolute Gasteiger partial charge is 0.361 e. The van der Waals surface area contributed by atoms with E-state index in [1.165, 1.54) is 0 Å². The Labute approximate surface area is 159 Å². The lowest BCUT2D eigenvalue weighted by molar-refractivity contribution is 0.0956. The van der Waals surface area contributed by atoms with Crippen molar-refractivity contribution in [1.29, 1.82) is 0 Å². The van der Waals surface area contributed by atoms with Crippen LogP contribution < -0.4 is 11.1 Å². The maximum Gasteiger partial charge on any atom is 0.251 e. The number of hydrogen-bond donors (Lipinski definition) is 3. The average molecular weight is 408 g/mol. The summed E-state index contributed by atoms with van der Waals surface area (Å²) in [5.74, 6) is -0.102. The Morgan fingerprint density at radius 3 is 2.77 bits per heavy atom. The van der Waals surface area contributed by atoms with Crippen LogP contribution >= 0.6 is 15.9 Å². The van der Waals surface area contributed by atoms with Crippen molar-refractivity contribution in [3.8, 4) is 11.1 Å². The smallest absolute Gasteiger partial charge is 0.251 e. The van der Waals surface area contributed by atoms with Gasteiger partial charge in [-0.1, -0.05) is 40.2 Å². The predicted molar refractivity (Wildman–Crippen MR) is 110 cm³/mol. The summed E-state index contributed by atoms with van der Waals surface area (Å²) < 4.78 is 1.02. The van der Waals surface area contributed by atoms with Gasteiger partial charge in [0.25, 0.3) is 5.91 Å². The van der Waals surface area contributed by atoms with Crippen molar-refractivity contribution in [2.45, 2.75) is 0 Å². The fourth-order valence-corrected chi connectivity index (χ4v) is 3.63. The molecule has 4 nitrogen and oxygen atoms in total. The molecule has 0 atom stereocenters. The molecule has 4 aromatic rings. The Morgan fingerprint density at radius 1 is 1.08 bits per heavy atom. The van der Waals surface area contributed by atoms with Crippen LogP contribution in [-0.2, 0) is 0 Å². The van der Waals surface area contributed by atoms with E-state index in [1.807, 2.05) is 48.7 Å². The van der Waals surface area contributed by atoms with Crippen LogP contribution in [0.25, 0.3) is 32.8 Å². The minimum atomic E-state index is -0.102. The van der Waals surface area contributed by atoms with Crippen molar-refractivity contribution >= 4 is 43.5 Å². The molecule has 0 aliphatic heterocycles. The maximum absolute atomic E-state index is 12.7. The molecular formula is C21H18BrN3O. The van der Waals surface area contributed by atoms with Crippen molar-refractivity contribution in [1.82, 2.24) is 10.3 Å². The van der Waals surface area contributed by atoms with Gasteiger partial charge in [-0.15, -0.1) is 0 Å². The number of amides is 1. The molecule has 0 spiro atoms. The first-order valence-corrected chi connectivity index (χ1v) is 9.25. The quantitative estimate of drug-likeness (QED) is 0.467. The van der Waals surface area contributed by atoms with Crippen LogP contribution in [0.2, 0.25) is 0 Å². The molecule has 1 aromatic heterocycles. The number of carbonyl (C=O) groups excluding carboxylic acids is 1. The second-order valence-corrected chi connectivity index (χ2v) is 7.10. The standard InChI is InChI=1S/C21H18BrN3O/c22-15-5-6-20-17(11-15)19(12-25-20)14-9-13-3-1-2-4-16(13)18(10-14)21(26)24-8-7-23/h1-6,9-12,25H,7-8,23H2,(H,24,26). The second-order valence-electron chi connectivity index (χ2n) is 6.18. The maximum atomic E-state index is 12.7. The number of carbonyl (C=O) groups is 1. The lowest BCUT2D eigenvalue weighted by Gasteiger charge is -2.11. The SMILES string of the molecule is NCCNC(=O)c1cc(-c2c[nH]c3ccc(Br)cc23)cc2ccccc12. The fourth-order valence-electron chi connectivity index (χ4n) is 3.27. The molecule has 0 unspecified atom stereocenters. The topological polar surface area (TPSA) is 70.9 Å². The van der Waals surface area contributed by atoms with Crippen LogP contribution in [0.15, 0.2) is 65.3 Å². The van der Waals surface area contributed by atoms with Gasteiger partial charge in [-0.05, 0) is 46.7 Å². The number of nitrogens with one attached hydrogen (secondary N) is 2. The van der Waals surface area contributed by atoms with E-state index in [1.54, 1.807) is 0 Å². The average Bonchev–Trinajstić information content (AvgIpc) is 3.08. The molecule has 0 saturated carbocycles. The lowest BCUT2D eigenvalue weighted by Crippen LogP contribution is -2.29. The highest BCUT2D eigenvalue weighted by atomic mass is 79.9. The zero-order valence-electron chi connectivity index (χ0n) is 14.1. The summed E-state index contributed by atoms with van der Waals surface area (Å²) in [6.07, 6.45) is 1.99.